The molecule has 0 aliphatic heterocycles. The molecule has 2 aliphatic rings. The molecule has 4 nitrogen and oxygen atoms in total. The van der Waals surface area contributed by atoms with Gasteiger partial charge in [-0.3, -0.25) is 0 Å². The highest BCUT2D eigenvalue weighted by molar-refractivity contribution is 5.05. The molecular formula is C7H10N4. The van der Waals surface area contributed by atoms with Crippen LogP contribution in [0.5, 0.6) is 0 Å². The Balaban J connectivity index is 1.98. The third-order valence-corrected chi connectivity index (χ3v) is 2.35. The largest absolute Gasteiger partial charge is 0.226 e. The number of nitrogens with zero attached hydrogens (tertiary/aromatic N) is 4. The molecule has 1 heterocycles. The Bertz CT molecular complexity index is 245. The van der Waals surface area contributed by atoms with Crippen molar-refractivity contribution in [2.45, 2.75) is 37.6 Å². The first-order chi connectivity index (χ1) is 5.45. The van der Waals surface area contributed by atoms with Crippen molar-refractivity contribution in [2.24, 2.45) is 0 Å². The molecule has 0 bridgehead atoms. The summed E-state index contributed by atoms with van der Waals surface area (Å²) in [4.78, 5) is 0. The molecule has 1 aromatic heterocycles. The lowest BCUT2D eigenvalue weighted by Crippen LogP contribution is -2.01. The van der Waals surface area contributed by atoms with Crippen LogP contribution in [0.1, 0.15) is 43.5 Å². The Morgan fingerprint density at radius 2 is 2.00 bits per heavy atom. The maximum atomic E-state index is 4.04. The summed E-state index contributed by atoms with van der Waals surface area (Å²) in [5.74, 6) is 1.82. The van der Waals surface area contributed by atoms with E-state index in [-0.39, 0.29) is 0 Å². The Morgan fingerprint density at radius 3 is 2.64 bits per heavy atom. The topological polar surface area (TPSA) is 43.6 Å². The molecule has 0 atom stereocenters. The molecule has 2 fully saturated rings. The molecule has 58 valence electrons. The van der Waals surface area contributed by atoms with Crippen molar-refractivity contribution in [3.05, 3.63) is 5.82 Å². The minimum atomic E-state index is 0.639. The number of tetrazole rings is 1. The SMILES string of the molecule is C1CC1c1nnnn1C1CC1. The molecule has 1 aromatic rings. The fourth-order valence-electron chi connectivity index (χ4n) is 1.39. The highest BCUT2D eigenvalue weighted by atomic mass is 15.6. The van der Waals surface area contributed by atoms with Crippen LogP contribution in [0.2, 0.25) is 0 Å². The average Bonchev–Trinajstić information content (AvgIpc) is 2.91. The average molecular weight is 150 g/mol. The van der Waals surface area contributed by atoms with Gasteiger partial charge in [-0.1, -0.05) is 0 Å². The lowest BCUT2D eigenvalue weighted by Gasteiger charge is -1.97. The van der Waals surface area contributed by atoms with Gasteiger partial charge in [0.2, 0.25) is 0 Å². The van der Waals surface area contributed by atoms with E-state index in [0.717, 1.165) is 5.82 Å². The zero-order chi connectivity index (χ0) is 7.26. The molecule has 2 aliphatic carbocycles. The second kappa shape index (κ2) is 1.81. The predicted molar refractivity (Wildman–Crippen MR) is 38.1 cm³/mol. The van der Waals surface area contributed by atoms with Gasteiger partial charge < -0.3 is 0 Å². The van der Waals surface area contributed by atoms with Gasteiger partial charge in [-0.05, 0) is 36.1 Å². The van der Waals surface area contributed by atoms with E-state index in [0.29, 0.717) is 12.0 Å². The molecule has 0 spiro atoms. The van der Waals surface area contributed by atoms with Gasteiger partial charge in [-0.2, -0.15) is 0 Å². The number of hydrogen-bond acceptors (Lipinski definition) is 3. The van der Waals surface area contributed by atoms with Crippen LogP contribution < -0.4 is 0 Å². The van der Waals surface area contributed by atoms with Gasteiger partial charge in [0.1, 0.15) is 0 Å². The molecule has 3 rings (SSSR count). The van der Waals surface area contributed by atoms with Crippen LogP contribution in [-0.4, -0.2) is 20.2 Å². The number of aromatic nitrogens is 4. The summed E-state index contributed by atoms with van der Waals surface area (Å²) in [7, 11) is 0. The Morgan fingerprint density at radius 1 is 1.18 bits per heavy atom. The first-order valence-electron chi connectivity index (χ1n) is 4.23. The van der Waals surface area contributed by atoms with Crippen LogP contribution in [0.15, 0.2) is 0 Å². The van der Waals surface area contributed by atoms with E-state index >= 15 is 0 Å². The van der Waals surface area contributed by atoms with Crippen molar-refractivity contribution in [1.29, 1.82) is 0 Å². The summed E-state index contributed by atoms with van der Waals surface area (Å²) in [6.07, 6.45) is 5.11. The third-order valence-electron chi connectivity index (χ3n) is 2.35. The molecule has 2 saturated carbocycles. The maximum absolute atomic E-state index is 4.04. The van der Waals surface area contributed by atoms with Gasteiger partial charge in [0, 0.05) is 5.92 Å². The minimum Gasteiger partial charge on any atom is -0.226 e. The molecule has 0 aromatic carbocycles. The van der Waals surface area contributed by atoms with Crippen molar-refractivity contribution in [3.8, 4) is 0 Å². The lowest BCUT2D eigenvalue weighted by molar-refractivity contribution is 0.583. The fourth-order valence-corrected chi connectivity index (χ4v) is 1.39. The van der Waals surface area contributed by atoms with E-state index in [1.54, 1.807) is 0 Å². The van der Waals surface area contributed by atoms with Crippen molar-refractivity contribution < 1.29 is 0 Å². The quantitative estimate of drug-likeness (QED) is 0.628. The zero-order valence-electron chi connectivity index (χ0n) is 6.27. The first kappa shape index (κ1) is 5.69. The van der Waals surface area contributed by atoms with Crippen molar-refractivity contribution in [1.82, 2.24) is 20.2 Å². The summed E-state index contributed by atoms with van der Waals surface area (Å²) in [5.41, 5.74) is 0. The summed E-state index contributed by atoms with van der Waals surface area (Å²) in [6, 6.07) is 0.639. The molecule has 0 saturated heterocycles. The maximum Gasteiger partial charge on any atom is 0.154 e. The highest BCUT2D eigenvalue weighted by Gasteiger charge is 2.34. The molecular weight excluding hydrogens is 140 g/mol. The first-order valence-corrected chi connectivity index (χ1v) is 4.23. The Hall–Kier alpha value is -0.930. The fraction of sp³-hybridized carbons (Fsp3) is 0.857. The standard InChI is InChI=1S/C7H10N4/c1-2-5(1)7-8-9-10-11(7)6-3-4-6/h5-6H,1-4H2. The summed E-state index contributed by atoms with van der Waals surface area (Å²) < 4.78 is 2.03. The molecule has 0 radical (unpaired) electrons. The smallest absolute Gasteiger partial charge is 0.154 e. The number of hydrogen-bond donors (Lipinski definition) is 0. The molecule has 4 heteroatoms. The van der Waals surface area contributed by atoms with Gasteiger partial charge in [-0.15, -0.1) is 5.10 Å². The van der Waals surface area contributed by atoms with Crippen LogP contribution in [0.3, 0.4) is 0 Å². The predicted octanol–water partition coefficient (Wildman–Crippen LogP) is 0.885. The summed E-state index contributed by atoms with van der Waals surface area (Å²) in [6.45, 7) is 0. The second-order valence-corrected chi connectivity index (χ2v) is 3.49. The van der Waals surface area contributed by atoms with Crippen LogP contribution >= 0.6 is 0 Å². The van der Waals surface area contributed by atoms with E-state index in [4.69, 9.17) is 0 Å². The van der Waals surface area contributed by atoms with Gasteiger partial charge in [-0.25, -0.2) is 4.68 Å². The van der Waals surface area contributed by atoms with E-state index in [1.807, 2.05) is 4.68 Å². The van der Waals surface area contributed by atoms with Crippen molar-refractivity contribution in [2.75, 3.05) is 0 Å². The minimum absolute atomic E-state index is 0.639. The Kier molecular flexibility index (Phi) is 0.935. The molecule has 0 unspecified atom stereocenters. The van der Waals surface area contributed by atoms with Crippen LogP contribution in [0.4, 0.5) is 0 Å². The van der Waals surface area contributed by atoms with Gasteiger partial charge >= 0.3 is 0 Å². The lowest BCUT2D eigenvalue weighted by atomic mass is 10.4. The number of rotatable bonds is 2. The van der Waals surface area contributed by atoms with Gasteiger partial charge in [0.05, 0.1) is 6.04 Å². The molecule has 0 N–H and O–H groups in total. The summed E-state index contributed by atoms with van der Waals surface area (Å²) in [5, 5.41) is 11.7. The van der Waals surface area contributed by atoms with Crippen LogP contribution in [0.25, 0.3) is 0 Å². The van der Waals surface area contributed by atoms with Gasteiger partial charge in [0.25, 0.3) is 0 Å². The zero-order valence-corrected chi connectivity index (χ0v) is 6.27. The van der Waals surface area contributed by atoms with E-state index < -0.39 is 0 Å². The third kappa shape index (κ3) is 0.852. The normalized spacial score (nSPS) is 24.0. The van der Waals surface area contributed by atoms with Gasteiger partial charge in [0.15, 0.2) is 5.82 Å². The monoisotopic (exact) mass is 150 g/mol. The molecule has 0 amide bonds. The summed E-state index contributed by atoms with van der Waals surface area (Å²) >= 11 is 0. The van der Waals surface area contributed by atoms with E-state index in [2.05, 4.69) is 15.5 Å². The van der Waals surface area contributed by atoms with E-state index in [1.165, 1.54) is 25.7 Å². The van der Waals surface area contributed by atoms with Crippen molar-refractivity contribution in [3.63, 3.8) is 0 Å². The highest BCUT2D eigenvalue weighted by Crippen LogP contribution is 2.42. The van der Waals surface area contributed by atoms with Crippen molar-refractivity contribution >= 4 is 0 Å². The van der Waals surface area contributed by atoms with Crippen LogP contribution in [0, 0.1) is 0 Å². The second-order valence-electron chi connectivity index (χ2n) is 3.49. The van der Waals surface area contributed by atoms with E-state index in [9.17, 15) is 0 Å². The van der Waals surface area contributed by atoms with Crippen LogP contribution in [-0.2, 0) is 0 Å². The molecule has 11 heavy (non-hydrogen) atoms. The Labute approximate surface area is 64.6 Å².